The van der Waals surface area contributed by atoms with Gasteiger partial charge in [0.2, 0.25) is 0 Å². The Balaban J connectivity index is 2.38. The Kier molecular flexibility index (Phi) is 4.64. The Morgan fingerprint density at radius 2 is 2.05 bits per heavy atom. The molecule has 0 bridgehead atoms. The van der Waals surface area contributed by atoms with Crippen molar-refractivity contribution in [2.45, 2.75) is 39.2 Å². The van der Waals surface area contributed by atoms with Crippen molar-refractivity contribution in [2.75, 3.05) is 6.54 Å². The first kappa shape index (κ1) is 15.9. The van der Waals surface area contributed by atoms with Crippen LogP contribution in [-0.2, 0) is 0 Å². The molecule has 0 spiro atoms. The highest BCUT2D eigenvalue weighted by atomic mass is 32.1. The molecular formula is C16H21FN2OS. The van der Waals surface area contributed by atoms with Gasteiger partial charge in [-0.2, -0.15) is 0 Å². The van der Waals surface area contributed by atoms with Crippen LogP contribution in [0.2, 0.25) is 0 Å². The van der Waals surface area contributed by atoms with Crippen LogP contribution in [0.5, 0.6) is 0 Å². The number of halogens is 1. The summed E-state index contributed by atoms with van der Waals surface area (Å²) in [5.41, 5.74) is 6.28. The lowest BCUT2D eigenvalue weighted by Crippen LogP contribution is -2.52. The Morgan fingerprint density at radius 3 is 2.62 bits per heavy atom. The number of thiophene rings is 1. The van der Waals surface area contributed by atoms with Crippen LogP contribution in [0.25, 0.3) is 10.1 Å². The molecule has 0 aliphatic heterocycles. The zero-order valence-corrected chi connectivity index (χ0v) is 13.4. The molecule has 0 unspecified atom stereocenters. The summed E-state index contributed by atoms with van der Waals surface area (Å²) in [6.45, 7) is 6.30. The lowest BCUT2D eigenvalue weighted by atomic mass is 9.92. The first-order valence-corrected chi connectivity index (χ1v) is 7.99. The average molecular weight is 308 g/mol. The van der Waals surface area contributed by atoms with Gasteiger partial charge in [0.25, 0.3) is 5.91 Å². The van der Waals surface area contributed by atoms with Gasteiger partial charge in [-0.15, -0.1) is 11.3 Å². The second kappa shape index (κ2) is 6.12. The third-order valence-electron chi connectivity index (χ3n) is 4.23. The number of carbonyl (C=O) groups is 1. The van der Waals surface area contributed by atoms with E-state index in [0.29, 0.717) is 11.4 Å². The zero-order valence-electron chi connectivity index (χ0n) is 12.6. The average Bonchev–Trinajstić information content (AvgIpc) is 2.82. The zero-order chi connectivity index (χ0) is 15.6. The van der Waals surface area contributed by atoms with Crippen LogP contribution in [0.1, 0.15) is 41.9 Å². The molecule has 2 rings (SSSR count). The molecule has 0 aliphatic rings. The molecule has 0 fully saturated rings. The Hall–Kier alpha value is -1.46. The van der Waals surface area contributed by atoms with Crippen molar-refractivity contribution in [3.8, 4) is 0 Å². The first-order chi connectivity index (χ1) is 9.96. The highest BCUT2D eigenvalue weighted by molar-refractivity contribution is 7.21. The number of nitrogens with two attached hydrogens (primary N) is 1. The fourth-order valence-corrected chi connectivity index (χ4v) is 3.56. The predicted molar refractivity (Wildman–Crippen MR) is 86.4 cm³/mol. The molecule has 1 heterocycles. The topological polar surface area (TPSA) is 55.1 Å². The molecule has 1 amide bonds. The molecule has 0 radical (unpaired) electrons. The Labute approximate surface area is 128 Å². The number of nitrogens with one attached hydrogen (secondary N) is 1. The minimum absolute atomic E-state index is 0.122. The van der Waals surface area contributed by atoms with Crippen LogP contribution in [0.4, 0.5) is 4.39 Å². The van der Waals surface area contributed by atoms with E-state index in [1.165, 1.54) is 23.5 Å². The molecule has 0 atom stereocenters. The van der Waals surface area contributed by atoms with Crippen molar-refractivity contribution < 1.29 is 9.18 Å². The van der Waals surface area contributed by atoms with Crippen molar-refractivity contribution in [2.24, 2.45) is 5.73 Å². The monoisotopic (exact) mass is 308 g/mol. The molecule has 0 saturated carbocycles. The standard InChI is InChI=1S/C16H21FN2OS/c1-4-16(5-2,9-18)19-15(20)14-10(3)12-8-11(17)6-7-13(12)21-14/h6-8H,4-5,9,18H2,1-3H3,(H,19,20). The molecule has 114 valence electrons. The first-order valence-electron chi connectivity index (χ1n) is 7.17. The number of benzene rings is 1. The molecule has 3 nitrogen and oxygen atoms in total. The van der Waals surface area contributed by atoms with Crippen molar-refractivity contribution in [1.82, 2.24) is 5.32 Å². The maximum Gasteiger partial charge on any atom is 0.262 e. The molecule has 1 aromatic heterocycles. The smallest absolute Gasteiger partial charge is 0.262 e. The van der Waals surface area contributed by atoms with Gasteiger partial charge in [0.1, 0.15) is 5.82 Å². The van der Waals surface area contributed by atoms with Crippen LogP contribution < -0.4 is 11.1 Å². The van der Waals surface area contributed by atoms with Gasteiger partial charge in [0.05, 0.1) is 10.4 Å². The summed E-state index contributed by atoms with van der Waals surface area (Å²) in [4.78, 5) is 13.2. The maximum absolute atomic E-state index is 13.3. The minimum atomic E-state index is -0.370. The molecule has 21 heavy (non-hydrogen) atoms. The molecule has 5 heteroatoms. The van der Waals surface area contributed by atoms with E-state index < -0.39 is 0 Å². The normalized spacial score (nSPS) is 11.9. The minimum Gasteiger partial charge on any atom is -0.345 e. The number of hydrogen-bond donors (Lipinski definition) is 2. The molecule has 0 saturated heterocycles. The summed E-state index contributed by atoms with van der Waals surface area (Å²) < 4.78 is 14.3. The van der Waals surface area contributed by atoms with Gasteiger partial charge in [0, 0.05) is 11.2 Å². The predicted octanol–water partition coefficient (Wildman–Crippen LogP) is 3.60. The number of carbonyl (C=O) groups excluding carboxylic acids is 1. The molecule has 3 N–H and O–H groups in total. The van der Waals surface area contributed by atoms with Gasteiger partial charge in [-0.3, -0.25) is 4.79 Å². The van der Waals surface area contributed by atoms with Crippen LogP contribution in [0.15, 0.2) is 18.2 Å². The van der Waals surface area contributed by atoms with Crippen molar-refractivity contribution in [3.05, 3.63) is 34.5 Å². The number of amides is 1. The molecule has 0 aliphatic carbocycles. The van der Waals surface area contributed by atoms with E-state index in [9.17, 15) is 9.18 Å². The van der Waals surface area contributed by atoms with E-state index in [0.717, 1.165) is 28.5 Å². The van der Waals surface area contributed by atoms with Crippen molar-refractivity contribution in [1.29, 1.82) is 0 Å². The highest BCUT2D eigenvalue weighted by Crippen LogP contribution is 2.31. The summed E-state index contributed by atoms with van der Waals surface area (Å²) in [5.74, 6) is -0.406. The van der Waals surface area contributed by atoms with E-state index in [-0.39, 0.29) is 17.3 Å². The second-order valence-corrected chi connectivity index (χ2v) is 6.39. The van der Waals surface area contributed by atoms with E-state index in [1.807, 2.05) is 20.8 Å². The number of hydrogen-bond acceptors (Lipinski definition) is 3. The SMILES string of the molecule is CCC(CC)(CN)NC(=O)c1sc2ccc(F)cc2c1C. The summed E-state index contributed by atoms with van der Waals surface area (Å²) >= 11 is 1.39. The van der Waals surface area contributed by atoms with Gasteiger partial charge < -0.3 is 11.1 Å². The van der Waals surface area contributed by atoms with E-state index in [4.69, 9.17) is 5.73 Å². The maximum atomic E-state index is 13.3. The summed E-state index contributed by atoms with van der Waals surface area (Å²) in [6, 6.07) is 4.62. The van der Waals surface area contributed by atoms with Crippen LogP contribution >= 0.6 is 11.3 Å². The van der Waals surface area contributed by atoms with Gasteiger partial charge in [-0.05, 0) is 48.9 Å². The summed E-state index contributed by atoms with van der Waals surface area (Å²) in [6.07, 6.45) is 1.56. The fraction of sp³-hybridized carbons (Fsp3) is 0.438. The summed E-state index contributed by atoms with van der Waals surface area (Å²) in [5, 5.41) is 3.87. The van der Waals surface area contributed by atoms with Crippen molar-refractivity contribution >= 4 is 27.3 Å². The van der Waals surface area contributed by atoms with Gasteiger partial charge in [-0.25, -0.2) is 4.39 Å². The molecular weight excluding hydrogens is 287 g/mol. The number of aryl methyl sites for hydroxylation is 1. The number of rotatable bonds is 5. The molecule has 1 aromatic carbocycles. The van der Waals surface area contributed by atoms with Crippen molar-refractivity contribution in [3.63, 3.8) is 0 Å². The summed E-state index contributed by atoms with van der Waals surface area (Å²) in [7, 11) is 0. The van der Waals surface area contributed by atoms with E-state index in [2.05, 4.69) is 5.32 Å². The Morgan fingerprint density at radius 1 is 1.38 bits per heavy atom. The molecule has 2 aromatic rings. The van der Waals surface area contributed by atoms with Gasteiger partial charge >= 0.3 is 0 Å². The van der Waals surface area contributed by atoms with E-state index in [1.54, 1.807) is 6.07 Å². The lowest BCUT2D eigenvalue weighted by Gasteiger charge is -2.31. The third kappa shape index (κ3) is 2.94. The third-order valence-corrected chi connectivity index (χ3v) is 5.50. The number of fused-ring (bicyclic) bond motifs is 1. The van der Waals surface area contributed by atoms with Crippen LogP contribution in [0.3, 0.4) is 0 Å². The second-order valence-electron chi connectivity index (χ2n) is 5.34. The largest absolute Gasteiger partial charge is 0.345 e. The highest BCUT2D eigenvalue weighted by Gasteiger charge is 2.28. The fourth-order valence-electron chi connectivity index (χ4n) is 2.47. The van der Waals surface area contributed by atoms with Crippen LogP contribution in [0, 0.1) is 12.7 Å². The lowest BCUT2D eigenvalue weighted by molar-refractivity contribution is 0.0899. The Bertz CT molecular complexity index is 653. The van der Waals surface area contributed by atoms with E-state index >= 15 is 0 Å². The quantitative estimate of drug-likeness (QED) is 0.887. The van der Waals surface area contributed by atoms with Gasteiger partial charge in [-0.1, -0.05) is 13.8 Å². The van der Waals surface area contributed by atoms with Gasteiger partial charge in [0.15, 0.2) is 0 Å². The van der Waals surface area contributed by atoms with Crippen LogP contribution in [-0.4, -0.2) is 18.0 Å².